The predicted molar refractivity (Wildman–Crippen MR) is 389 cm³/mol. The summed E-state index contributed by atoms with van der Waals surface area (Å²) < 4.78 is 137. The Morgan fingerprint density at radius 2 is 0.518 bits per heavy atom. The lowest BCUT2D eigenvalue weighted by Gasteiger charge is -2.54. The van der Waals surface area contributed by atoms with Crippen molar-refractivity contribution in [1.82, 2.24) is 0 Å². The molecule has 8 heterocycles. The zero-order valence-electron chi connectivity index (χ0n) is 60.1. The molecule has 8 aliphatic rings. The summed E-state index contributed by atoms with van der Waals surface area (Å²) in [5.41, 5.74) is 3.73. The molecule has 0 radical (unpaired) electrons. The molecular weight excluding hydrogens is 1440 g/mol. The first-order valence-electron chi connectivity index (χ1n) is 37.3. The summed E-state index contributed by atoms with van der Waals surface area (Å²) in [6, 6.07) is 78.8. The van der Waals surface area contributed by atoms with Crippen LogP contribution in [0.25, 0.3) is 0 Å². The molecule has 0 aromatic heterocycles. The highest BCUT2D eigenvalue weighted by atomic mass is 16.8. The summed E-state index contributed by atoms with van der Waals surface area (Å²) in [6.07, 6.45) is -33.8. The van der Waals surface area contributed by atoms with Crippen LogP contribution < -0.4 is 0 Å². The molecule has 0 spiro atoms. The topological polar surface area (TPSA) is 273 Å². The van der Waals surface area contributed by atoms with Gasteiger partial charge in [-0.3, -0.25) is 0 Å². The van der Waals surface area contributed by atoms with E-state index in [4.69, 9.17) is 94.7 Å². The first-order chi connectivity index (χ1) is 55.1. The number of ether oxygens (including phenoxy) is 20. The third-order valence-electron chi connectivity index (χ3n) is 20.6. The molecule has 8 saturated heterocycles. The van der Waals surface area contributed by atoms with Crippen LogP contribution in [0.15, 0.2) is 273 Å². The van der Waals surface area contributed by atoms with E-state index in [-0.39, 0.29) is 55.3 Å². The summed E-state index contributed by atoms with van der Waals surface area (Å²) in [6.45, 7) is -0.715. The van der Waals surface area contributed by atoms with Crippen molar-refractivity contribution in [1.29, 1.82) is 0 Å². The van der Waals surface area contributed by atoms with Crippen molar-refractivity contribution in [2.75, 3.05) is 26.4 Å². The average Bonchev–Trinajstić information content (AvgIpc) is 0.747. The molecule has 0 aliphatic carbocycles. The Morgan fingerprint density at radius 1 is 0.277 bits per heavy atom. The lowest BCUT2D eigenvalue weighted by atomic mass is 9.93. The normalized spacial score (nSPS) is 32.8. The van der Waals surface area contributed by atoms with Gasteiger partial charge in [-0.15, -0.1) is 0 Å². The molecule has 578 valence electrons. The number of rotatable bonds is 21. The second-order valence-corrected chi connectivity index (χ2v) is 27.9. The van der Waals surface area contributed by atoms with E-state index in [0.717, 1.165) is 5.56 Å². The number of carbonyl (C=O) groups is 4. The fourth-order valence-electron chi connectivity index (χ4n) is 15.0. The molecule has 17 rings (SSSR count). The average molecular weight is 1530 g/mol. The Bertz CT molecular complexity index is 4550. The summed E-state index contributed by atoms with van der Waals surface area (Å²) in [5.74, 6) is -3.42. The van der Waals surface area contributed by atoms with Gasteiger partial charge >= 0.3 is 23.9 Å². The lowest BCUT2D eigenvalue weighted by molar-refractivity contribution is -0.427. The van der Waals surface area contributed by atoms with Gasteiger partial charge in [0, 0.05) is 22.3 Å². The van der Waals surface area contributed by atoms with E-state index in [9.17, 15) is 14.7 Å². The van der Waals surface area contributed by atoms with Crippen molar-refractivity contribution in [2.24, 2.45) is 0 Å². The third-order valence-corrected chi connectivity index (χ3v) is 20.6. The number of benzene rings is 9. The SMILES string of the molecule is O=C(OC1[C@H](O[C@@H]2C(OC(=O)c3ccccc3)[C@H](O[C@@H]3C(OC(=O)c4ccccc4)[C@H](O[C@@H]4C(OC(=O)c5ccccc5)[C@H](OCc5ccccc5)OC5COC(c6ccccc6)O[C@@H]54)OC4COC(c5ccccc5)O[C@@H]43)OC3COC(c4ccccc4)O[C@@H]32)OC2COC(c3ccccc3)O[C@@H]2[C@@H]1O)c1ccccc1. The second kappa shape index (κ2) is 34.7. The molecule has 9 aromatic rings. The van der Waals surface area contributed by atoms with Crippen molar-refractivity contribution in [3.63, 3.8) is 0 Å². The minimum Gasteiger partial charge on any atom is -0.450 e. The zero-order chi connectivity index (χ0) is 75.9. The highest BCUT2D eigenvalue weighted by Gasteiger charge is 2.63. The van der Waals surface area contributed by atoms with Crippen LogP contribution in [0.1, 0.15) is 94.4 Å². The number of hydrogen-bond acceptors (Lipinski definition) is 25. The summed E-state index contributed by atoms with van der Waals surface area (Å²) in [4.78, 5) is 60.3. The fraction of sp³-hybridized carbons (Fsp3) is 0.333. The van der Waals surface area contributed by atoms with Gasteiger partial charge in [0.25, 0.3) is 0 Å². The van der Waals surface area contributed by atoms with Gasteiger partial charge in [0.1, 0.15) is 73.2 Å². The molecule has 24 atom stereocenters. The van der Waals surface area contributed by atoms with Crippen molar-refractivity contribution >= 4 is 23.9 Å². The largest absolute Gasteiger partial charge is 0.450 e. The predicted octanol–water partition coefficient (Wildman–Crippen LogP) is 11.0. The number of aliphatic hydroxyl groups excluding tert-OH is 1. The molecule has 0 bridgehead atoms. The van der Waals surface area contributed by atoms with Crippen molar-refractivity contribution in [3.05, 3.63) is 323 Å². The van der Waals surface area contributed by atoms with Gasteiger partial charge in [0.2, 0.25) is 0 Å². The smallest absolute Gasteiger partial charge is 0.338 e. The van der Waals surface area contributed by atoms with Gasteiger partial charge in [-0.25, -0.2) is 19.2 Å². The fourth-order valence-corrected chi connectivity index (χ4v) is 15.0. The Hall–Kier alpha value is -9.82. The van der Waals surface area contributed by atoms with Gasteiger partial charge < -0.3 is 99.8 Å². The second-order valence-electron chi connectivity index (χ2n) is 27.9. The summed E-state index contributed by atoms with van der Waals surface area (Å²) in [5, 5.41) is 12.9. The first-order valence-corrected chi connectivity index (χ1v) is 37.3. The van der Waals surface area contributed by atoms with Crippen LogP contribution in [0.2, 0.25) is 0 Å². The van der Waals surface area contributed by atoms with E-state index in [0.29, 0.717) is 22.3 Å². The maximum atomic E-state index is 15.4. The Kier molecular flexibility index (Phi) is 23.2. The Balaban J connectivity index is 0.796. The summed E-state index contributed by atoms with van der Waals surface area (Å²) in [7, 11) is 0. The van der Waals surface area contributed by atoms with Crippen LogP contribution in [-0.2, 0) is 101 Å². The number of carbonyl (C=O) groups excluding carboxylic acids is 4. The molecule has 8 fully saturated rings. The molecule has 0 saturated carbocycles. The van der Waals surface area contributed by atoms with Crippen LogP contribution in [0.3, 0.4) is 0 Å². The maximum Gasteiger partial charge on any atom is 0.338 e. The van der Waals surface area contributed by atoms with Crippen molar-refractivity contribution in [2.45, 2.75) is 155 Å². The number of esters is 4. The Morgan fingerprint density at radius 3 is 0.830 bits per heavy atom. The van der Waals surface area contributed by atoms with E-state index < -0.39 is 172 Å². The van der Waals surface area contributed by atoms with Crippen molar-refractivity contribution < 1.29 is 119 Å². The van der Waals surface area contributed by atoms with Gasteiger partial charge in [0.15, 0.2) is 74.7 Å². The van der Waals surface area contributed by atoms with E-state index >= 15 is 9.59 Å². The number of aliphatic hydroxyl groups is 1. The third kappa shape index (κ3) is 16.7. The zero-order valence-corrected chi connectivity index (χ0v) is 60.1. The summed E-state index contributed by atoms with van der Waals surface area (Å²) >= 11 is 0. The van der Waals surface area contributed by atoms with E-state index in [1.807, 2.05) is 152 Å². The van der Waals surface area contributed by atoms with Crippen LogP contribution in [0, 0.1) is 0 Å². The van der Waals surface area contributed by atoms with Crippen LogP contribution in [0.4, 0.5) is 0 Å². The molecule has 1 N–H and O–H groups in total. The van der Waals surface area contributed by atoms with Gasteiger partial charge in [-0.2, -0.15) is 0 Å². The van der Waals surface area contributed by atoms with Crippen LogP contribution in [-0.4, -0.2) is 178 Å². The molecule has 9 aromatic carbocycles. The molecule has 8 aliphatic heterocycles. The standard InChI is InChI=1S/C87H80O25/c88-64-65-60(47-94-80(106-65)56-38-20-6-21-39-56)99-85(69(64)102-76(89)52-30-12-2-13-31-52)110-71-67-62(49-96-82(108-67)58-42-24-8-25-43-58)101-87(74(71)104-78(91)54-34-16-4-17-35-54)112-72-68-63(50-97-83(109-68)59-44-26-9-27-45-59)100-86(75(72)105-79(92)55-36-18-5-19-37-55)111-70-66-61(48-95-81(107-66)57-40-22-7-23-41-57)98-84(93-46-51-28-10-1-11-29-51)73(70)103-77(90)53-32-14-3-15-33-53/h1-45,60-75,80-88H,46-50H2/t60?,61?,62?,63?,64-,65-,66-,67-,68-,69?,70-,71-,72-,73?,74?,75?,80?,81?,82?,83?,84+,85-,86-,87-/m0/s1. The van der Waals surface area contributed by atoms with E-state index in [1.165, 1.54) is 0 Å². The van der Waals surface area contributed by atoms with Crippen LogP contribution >= 0.6 is 0 Å². The van der Waals surface area contributed by atoms with E-state index in [1.54, 1.807) is 121 Å². The van der Waals surface area contributed by atoms with E-state index in [2.05, 4.69) is 0 Å². The molecule has 0 amide bonds. The lowest BCUT2D eigenvalue weighted by Crippen LogP contribution is -2.71. The van der Waals surface area contributed by atoms with Crippen LogP contribution in [0.5, 0.6) is 0 Å². The number of fused-ring (bicyclic) bond motifs is 4. The monoisotopic (exact) mass is 1520 g/mol. The minimum absolute atomic E-state index is 0.0312. The van der Waals surface area contributed by atoms with Crippen molar-refractivity contribution in [3.8, 4) is 0 Å². The first kappa shape index (κ1) is 74.9. The molecule has 25 nitrogen and oxygen atoms in total. The molecule has 112 heavy (non-hydrogen) atoms. The van der Waals surface area contributed by atoms with Gasteiger partial charge in [-0.1, -0.05) is 224 Å². The molecule has 25 heteroatoms. The minimum atomic E-state index is -1.86. The number of hydrogen-bond donors (Lipinski definition) is 1. The van der Waals surface area contributed by atoms with Gasteiger partial charge in [0.05, 0.1) is 55.3 Å². The molecule has 12 unspecified atom stereocenters. The van der Waals surface area contributed by atoms with Gasteiger partial charge in [-0.05, 0) is 54.1 Å². The highest BCUT2D eigenvalue weighted by Crippen LogP contribution is 2.46. The Labute approximate surface area is 644 Å². The maximum absolute atomic E-state index is 15.4. The highest BCUT2D eigenvalue weighted by molar-refractivity contribution is 5.91. The quantitative estimate of drug-likeness (QED) is 0.0517. The molecular formula is C87H80O25.